The summed E-state index contributed by atoms with van der Waals surface area (Å²) in [5.41, 5.74) is 4.32. The summed E-state index contributed by atoms with van der Waals surface area (Å²) in [5.74, 6) is -0.0989. The van der Waals surface area contributed by atoms with Gasteiger partial charge in [-0.3, -0.25) is 9.59 Å². The maximum Gasteiger partial charge on any atom is 0.259 e. The second-order valence-electron chi connectivity index (χ2n) is 8.55. The Morgan fingerprint density at radius 1 is 1.00 bits per heavy atom. The van der Waals surface area contributed by atoms with Crippen LogP contribution in [0.25, 0.3) is 0 Å². The van der Waals surface area contributed by atoms with Crippen LogP contribution in [-0.2, 0) is 6.54 Å². The zero-order valence-corrected chi connectivity index (χ0v) is 19.0. The highest BCUT2D eigenvalue weighted by atomic mass is 32.2. The van der Waals surface area contributed by atoms with Crippen molar-refractivity contribution in [1.29, 1.82) is 0 Å². The lowest BCUT2D eigenvalue weighted by Gasteiger charge is -2.24. The van der Waals surface area contributed by atoms with E-state index in [-0.39, 0.29) is 17.9 Å². The van der Waals surface area contributed by atoms with E-state index in [1.165, 1.54) is 12.8 Å². The average Bonchev–Trinajstić information content (AvgIpc) is 3.28. The Morgan fingerprint density at radius 2 is 1.75 bits per heavy atom. The number of nitrogens with zero attached hydrogens (tertiary/aromatic N) is 1. The van der Waals surface area contributed by atoms with Crippen LogP contribution < -0.4 is 10.2 Å². The van der Waals surface area contributed by atoms with Crippen LogP contribution in [0.5, 0.6) is 0 Å². The van der Waals surface area contributed by atoms with Crippen molar-refractivity contribution in [3.05, 3.63) is 89.0 Å². The molecule has 1 N–H and O–H groups in total. The summed E-state index contributed by atoms with van der Waals surface area (Å²) < 4.78 is 0. The number of amides is 2. The number of fused-ring (bicyclic) bond motifs is 2. The smallest absolute Gasteiger partial charge is 0.259 e. The number of anilines is 1. The fraction of sp³-hybridized carbons (Fsp3) is 0.259. The van der Waals surface area contributed by atoms with E-state index in [2.05, 4.69) is 24.4 Å². The van der Waals surface area contributed by atoms with Crippen LogP contribution in [0.1, 0.15) is 57.5 Å². The van der Waals surface area contributed by atoms with E-state index >= 15 is 0 Å². The molecule has 1 aliphatic carbocycles. The Balaban J connectivity index is 1.56. The van der Waals surface area contributed by atoms with Crippen molar-refractivity contribution in [2.45, 2.75) is 55.0 Å². The number of hydrogen-bond donors (Lipinski definition) is 1. The van der Waals surface area contributed by atoms with Gasteiger partial charge in [0.05, 0.1) is 17.8 Å². The fourth-order valence-corrected chi connectivity index (χ4v) is 5.57. The molecule has 5 heteroatoms. The third-order valence-electron chi connectivity index (χ3n) is 6.37. The first-order valence-electron chi connectivity index (χ1n) is 11.2. The SMILES string of the molecule is Cc1ccccc1CN1C(=O)c2ccccc2Sc2ccc(C(=O)NC3CCCC3)cc21. The Bertz CT molecular complexity index is 1180. The van der Waals surface area contributed by atoms with Crippen LogP contribution in [0.3, 0.4) is 0 Å². The first kappa shape index (κ1) is 20.8. The molecule has 0 spiro atoms. The van der Waals surface area contributed by atoms with E-state index in [0.29, 0.717) is 17.7 Å². The summed E-state index contributed by atoms with van der Waals surface area (Å²) in [7, 11) is 0. The average molecular weight is 443 g/mol. The maximum atomic E-state index is 13.7. The van der Waals surface area contributed by atoms with E-state index in [1.54, 1.807) is 11.8 Å². The highest BCUT2D eigenvalue weighted by Gasteiger charge is 2.29. The molecule has 0 radical (unpaired) electrons. The molecule has 0 saturated heterocycles. The van der Waals surface area contributed by atoms with Gasteiger partial charge < -0.3 is 10.2 Å². The Labute approximate surface area is 193 Å². The summed E-state index contributed by atoms with van der Waals surface area (Å²) in [5, 5.41) is 3.17. The van der Waals surface area contributed by atoms with Gasteiger partial charge in [0.25, 0.3) is 11.8 Å². The van der Waals surface area contributed by atoms with Crippen molar-refractivity contribution in [2.24, 2.45) is 0 Å². The molecule has 1 saturated carbocycles. The van der Waals surface area contributed by atoms with Gasteiger partial charge >= 0.3 is 0 Å². The predicted molar refractivity (Wildman–Crippen MR) is 128 cm³/mol. The van der Waals surface area contributed by atoms with Crippen LogP contribution in [0.4, 0.5) is 5.69 Å². The number of rotatable bonds is 4. The van der Waals surface area contributed by atoms with Crippen molar-refractivity contribution < 1.29 is 9.59 Å². The molecule has 2 amide bonds. The van der Waals surface area contributed by atoms with Gasteiger partial charge in [-0.05, 0) is 61.2 Å². The van der Waals surface area contributed by atoms with Crippen LogP contribution in [0.2, 0.25) is 0 Å². The van der Waals surface area contributed by atoms with E-state index in [0.717, 1.165) is 39.4 Å². The van der Waals surface area contributed by atoms with Crippen LogP contribution >= 0.6 is 11.8 Å². The zero-order valence-electron chi connectivity index (χ0n) is 18.1. The summed E-state index contributed by atoms with van der Waals surface area (Å²) in [6.07, 6.45) is 4.42. The second-order valence-corrected chi connectivity index (χ2v) is 9.64. The van der Waals surface area contributed by atoms with Crippen molar-refractivity contribution in [2.75, 3.05) is 4.90 Å². The molecular formula is C27H26N2O2S. The maximum absolute atomic E-state index is 13.7. The van der Waals surface area contributed by atoms with Crippen LogP contribution in [0, 0.1) is 6.92 Å². The zero-order chi connectivity index (χ0) is 22.1. The van der Waals surface area contributed by atoms with E-state index in [4.69, 9.17) is 0 Å². The number of nitrogens with one attached hydrogen (secondary N) is 1. The molecule has 5 rings (SSSR count). The lowest BCUT2D eigenvalue weighted by atomic mass is 10.1. The van der Waals surface area contributed by atoms with Crippen molar-refractivity contribution >= 4 is 29.3 Å². The molecule has 3 aromatic rings. The van der Waals surface area contributed by atoms with Crippen LogP contribution in [-0.4, -0.2) is 17.9 Å². The monoisotopic (exact) mass is 442 g/mol. The van der Waals surface area contributed by atoms with E-state index in [1.807, 2.05) is 59.5 Å². The largest absolute Gasteiger partial charge is 0.349 e. The summed E-state index contributed by atoms with van der Waals surface area (Å²) >= 11 is 1.58. The number of hydrogen-bond acceptors (Lipinski definition) is 3. The van der Waals surface area contributed by atoms with E-state index < -0.39 is 0 Å². The summed E-state index contributed by atoms with van der Waals surface area (Å²) in [6, 6.07) is 21.8. The first-order valence-corrected chi connectivity index (χ1v) is 12.0. The topological polar surface area (TPSA) is 49.4 Å². The standard InChI is InChI=1S/C27H26N2O2S/c1-18-8-2-3-9-20(18)17-29-23-16-19(26(30)28-21-10-4-5-11-21)14-15-25(23)32-24-13-7-6-12-22(24)27(29)31/h2-3,6-9,12-16,21H,4-5,10-11,17H2,1H3,(H,28,30). The van der Waals surface area contributed by atoms with Crippen LogP contribution in [0.15, 0.2) is 76.5 Å². The number of carbonyl (C=O) groups excluding carboxylic acids is 2. The highest BCUT2D eigenvalue weighted by molar-refractivity contribution is 7.99. The third-order valence-corrected chi connectivity index (χ3v) is 7.52. The number of aryl methyl sites for hydroxylation is 1. The molecule has 3 aromatic carbocycles. The van der Waals surface area contributed by atoms with E-state index in [9.17, 15) is 9.59 Å². The molecule has 1 fully saturated rings. The molecule has 0 atom stereocenters. The lowest BCUT2D eigenvalue weighted by Crippen LogP contribution is -2.33. The molecule has 0 unspecified atom stereocenters. The fourth-order valence-electron chi connectivity index (χ4n) is 4.52. The van der Waals surface area contributed by atoms with Gasteiger partial charge in [0.15, 0.2) is 0 Å². The van der Waals surface area contributed by atoms with Crippen molar-refractivity contribution in [1.82, 2.24) is 5.32 Å². The van der Waals surface area contributed by atoms with Gasteiger partial charge in [-0.25, -0.2) is 0 Å². The Hall–Kier alpha value is -3.05. The minimum absolute atomic E-state index is 0.0385. The minimum Gasteiger partial charge on any atom is -0.349 e. The number of benzene rings is 3. The summed E-state index contributed by atoms with van der Waals surface area (Å²) in [4.78, 5) is 30.4. The molecular weight excluding hydrogens is 416 g/mol. The molecule has 162 valence electrons. The Kier molecular flexibility index (Phi) is 5.75. The van der Waals surface area contributed by atoms with Gasteiger partial charge in [0, 0.05) is 21.4 Å². The molecule has 32 heavy (non-hydrogen) atoms. The molecule has 2 aliphatic rings. The molecule has 4 nitrogen and oxygen atoms in total. The van der Waals surface area contributed by atoms with Gasteiger partial charge in [0.2, 0.25) is 0 Å². The van der Waals surface area contributed by atoms with Gasteiger partial charge in [-0.2, -0.15) is 0 Å². The summed E-state index contributed by atoms with van der Waals surface area (Å²) in [6.45, 7) is 2.52. The molecule has 0 aromatic heterocycles. The second kappa shape index (κ2) is 8.83. The normalized spacial score (nSPS) is 15.8. The highest BCUT2D eigenvalue weighted by Crippen LogP contribution is 2.42. The van der Waals surface area contributed by atoms with Gasteiger partial charge in [-0.15, -0.1) is 0 Å². The molecule has 1 aliphatic heterocycles. The van der Waals surface area contributed by atoms with Crippen molar-refractivity contribution in [3.63, 3.8) is 0 Å². The molecule has 0 bridgehead atoms. The predicted octanol–water partition coefficient (Wildman–Crippen LogP) is 5.98. The quantitative estimate of drug-likeness (QED) is 0.541. The lowest BCUT2D eigenvalue weighted by molar-refractivity contribution is 0.0935. The Morgan fingerprint density at radius 3 is 2.56 bits per heavy atom. The molecule has 1 heterocycles. The third kappa shape index (κ3) is 4.05. The van der Waals surface area contributed by atoms with Gasteiger partial charge in [0.1, 0.15) is 0 Å². The van der Waals surface area contributed by atoms with Gasteiger partial charge in [-0.1, -0.05) is 61.0 Å². The van der Waals surface area contributed by atoms with Crippen molar-refractivity contribution in [3.8, 4) is 0 Å². The minimum atomic E-state index is -0.0604. The first-order chi connectivity index (χ1) is 15.6. The number of carbonyl (C=O) groups is 2.